The van der Waals surface area contributed by atoms with Gasteiger partial charge in [0, 0.05) is 25.0 Å². The molecule has 25 heavy (non-hydrogen) atoms. The Balaban J connectivity index is 1.52. The Morgan fingerprint density at radius 2 is 2.04 bits per heavy atom. The molecule has 0 N–H and O–H groups in total. The molecule has 0 radical (unpaired) electrons. The molecule has 2 fully saturated rings. The number of imidazole rings is 1. The zero-order chi connectivity index (χ0) is 17.0. The molecule has 6 heteroatoms. The first kappa shape index (κ1) is 15.1. The van der Waals surface area contributed by atoms with Crippen molar-refractivity contribution in [2.75, 3.05) is 11.4 Å². The van der Waals surface area contributed by atoms with Crippen LogP contribution in [0.15, 0.2) is 36.9 Å². The molecule has 1 aliphatic carbocycles. The molecule has 2 atom stereocenters. The smallest absolute Gasteiger partial charge is 0.137 e. The van der Waals surface area contributed by atoms with Gasteiger partial charge in [0.25, 0.3) is 0 Å². The van der Waals surface area contributed by atoms with Crippen LogP contribution in [0.3, 0.4) is 0 Å². The van der Waals surface area contributed by atoms with Gasteiger partial charge in [-0.05, 0) is 42.7 Å². The molecule has 3 aromatic rings. The first-order valence-corrected chi connectivity index (χ1v) is 9.28. The van der Waals surface area contributed by atoms with Gasteiger partial charge in [0.05, 0.1) is 11.7 Å². The predicted octanol–water partition coefficient (Wildman–Crippen LogP) is 4.24. The second-order valence-electron chi connectivity index (χ2n) is 7.38. The molecule has 0 amide bonds. The number of aromatic nitrogens is 4. The largest absolute Gasteiger partial charge is 0.348 e. The summed E-state index contributed by atoms with van der Waals surface area (Å²) in [6.07, 6.45) is 9.66. The molecule has 0 spiro atoms. The normalized spacial score (nSPS) is 23.5. The van der Waals surface area contributed by atoms with Gasteiger partial charge in [-0.15, -0.1) is 0 Å². The van der Waals surface area contributed by atoms with E-state index in [-0.39, 0.29) is 6.04 Å². The summed E-state index contributed by atoms with van der Waals surface area (Å²) >= 11 is 6.07. The van der Waals surface area contributed by atoms with Crippen molar-refractivity contribution in [3.63, 3.8) is 0 Å². The van der Waals surface area contributed by atoms with Gasteiger partial charge in [0.15, 0.2) is 0 Å². The van der Waals surface area contributed by atoms with Crippen LogP contribution in [-0.4, -0.2) is 25.9 Å². The minimum absolute atomic E-state index is 0.227. The molecule has 5 nitrogen and oxygen atoms in total. The van der Waals surface area contributed by atoms with Gasteiger partial charge >= 0.3 is 0 Å². The van der Waals surface area contributed by atoms with Gasteiger partial charge in [0.1, 0.15) is 22.9 Å². The maximum absolute atomic E-state index is 6.07. The van der Waals surface area contributed by atoms with Gasteiger partial charge in [-0.1, -0.05) is 24.6 Å². The number of nitrogens with zero attached hydrogens (tertiary/aromatic N) is 5. The van der Waals surface area contributed by atoms with Crippen LogP contribution in [0.25, 0.3) is 5.65 Å². The molecule has 0 bridgehead atoms. The molecule has 0 unspecified atom stereocenters. The summed E-state index contributed by atoms with van der Waals surface area (Å²) in [7, 11) is 0. The van der Waals surface area contributed by atoms with Crippen molar-refractivity contribution < 1.29 is 0 Å². The first-order valence-electron chi connectivity index (χ1n) is 8.90. The average molecular weight is 354 g/mol. The van der Waals surface area contributed by atoms with E-state index in [0.29, 0.717) is 11.1 Å². The monoisotopic (exact) mass is 353 g/mol. The molecule has 4 heterocycles. The highest BCUT2D eigenvalue weighted by molar-refractivity contribution is 6.29. The standard InChI is InChI=1S/C19H20ClN5/c1-12-6-16(25(8-12)19-7-17(20)21-11-22-19)15-10-24-9-14(13-2-3-13)4-5-18(24)23-15/h4-5,7,9-13,16H,2-3,6,8H2,1H3/t12-,16+/m0/s1. The highest BCUT2D eigenvalue weighted by Crippen LogP contribution is 2.41. The number of rotatable bonds is 3. The number of hydrogen-bond donors (Lipinski definition) is 0. The lowest BCUT2D eigenvalue weighted by molar-refractivity contribution is 0.611. The molecule has 1 saturated carbocycles. The van der Waals surface area contributed by atoms with Gasteiger partial charge in [-0.3, -0.25) is 0 Å². The van der Waals surface area contributed by atoms with E-state index in [1.54, 1.807) is 0 Å². The Labute approximate surface area is 151 Å². The summed E-state index contributed by atoms with van der Waals surface area (Å²) in [5.74, 6) is 2.22. The molecule has 5 rings (SSSR count). The van der Waals surface area contributed by atoms with Crippen LogP contribution >= 0.6 is 11.6 Å². The Bertz CT molecular complexity index is 932. The predicted molar refractivity (Wildman–Crippen MR) is 98.1 cm³/mol. The van der Waals surface area contributed by atoms with Crippen molar-refractivity contribution in [1.82, 2.24) is 19.4 Å². The maximum Gasteiger partial charge on any atom is 0.137 e. The average Bonchev–Trinajstić information content (AvgIpc) is 3.25. The number of halogens is 1. The van der Waals surface area contributed by atoms with Crippen LogP contribution in [0, 0.1) is 5.92 Å². The number of pyridine rings is 1. The van der Waals surface area contributed by atoms with Crippen molar-refractivity contribution >= 4 is 23.1 Å². The molecule has 2 aliphatic rings. The lowest BCUT2D eigenvalue weighted by atomic mass is 10.1. The summed E-state index contributed by atoms with van der Waals surface area (Å²) in [6, 6.07) is 6.43. The minimum atomic E-state index is 0.227. The Morgan fingerprint density at radius 3 is 2.84 bits per heavy atom. The fraction of sp³-hybridized carbons (Fsp3) is 0.421. The topological polar surface area (TPSA) is 46.3 Å². The number of anilines is 1. The SMILES string of the molecule is C[C@H]1C[C@H](c2cn3cc(C4CC4)ccc3n2)N(c2cc(Cl)ncn2)C1. The van der Waals surface area contributed by atoms with Crippen LogP contribution in [0.5, 0.6) is 0 Å². The molecular formula is C19H20ClN5. The molecule has 1 aliphatic heterocycles. The Morgan fingerprint density at radius 1 is 1.16 bits per heavy atom. The van der Waals surface area contributed by atoms with E-state index in [2.05, 4.69) is 50.7 Å². The van der Waals surface area contributed by atoms with Crippen LogP contribution in [-0.2, 0) is 0 Å². The zero-order valence-electron chi connectivity index (χ0n) is 14.1. The third-order valence-corrected chi connectivity index (χ3v) is 5.51. The third kappa shape index (κ3) is 2.76. The first-order chi connectivity index (χ1) is 12.2. The highest BCUT2D eigenvalue weighted by Gasteiger charge is 2.33. The minimum Gasteiger partial charge on any atom is -0.348 e. The summed E-state index contributed by atoms with van der Waals surface area (Å²) < 4.78 is 2.18. The van der Waals surface area contributed by atoms with E-state index in [1.807, 2.05) is 6.07 Å². The van der Waals surface area contributed by atoms with E-state index < -0.39 is 0 Å². The van der Waals surface area contributed by atoms with E-state index in [4.69, 9.17) is 16.6 Å². The number of hydrogen-bond acceptors (Lipinski definition) is 4. The van der Waals surface area contributed by atoms with E-state index in [0.717, 1.165) is 36.0 Å². The fourth-order valence-electron chi connectivity index (χ4n) is 3.91. The summed E-state index contributed by atoms with van der Waals surface area (Å²) in [6.45, 7) is 3.23. The third-order valence-electron chi connectivity index (χ3n) is 5.31. The lowest BCUT2D eigenvalue weighted by Gasteiger charge is -2.24. The van der Waals surface area contributed by atoms with Crippen molar-refractivity contribution in [2.24, 2.45) is 5.92 Å². The molecule has 0 aromatic carbocycles. The van der Waals surface area contributed by atoms with Crippen molar-refractivity contribution in [3.8, 4) is 0 Å². The molecule has 3 aromatic heterocycles. The van der Waals surface area contributed by atoms with Gasteiger partial charge in [0.2, 0.25) is 0 Å². The van der Waals surface area contributed by atoms with Gasteiger partial charge in [-0.2, -0.15) is 0 Å². The summed E-state index contributed by atoms with van der Waals surface area (Å²) in [4.78, 5) is 15.6. The lowest BCUT2D eigenvalue weighted by Crippen LogP contribution is -2.24. The maximum atomic E-state index is 6.07. The zero-order valence-corrected chi connectivity index (χ0v) is 14.9. The van der Waals surface area contributed by atoms with Gasteiger partial charge < -0.3 is 9.30 Å². The Hall–Kier alpha value is -2.14. The quantitative estimate of drug-likeness (QED) is 0.660. The Kier molecular flexibility index (Phi) is 3.45. The van der Waals surface area contributed by atoms with Gasteiger partial charge in [-0.25, -0.2) is 15.0 Å². The van der Waals surface area contributed by atoms with E-state index in [1.165, 1.54) is 24.7 Å². The summed E-state index contributed by atoms with van der Waals surface area (Å²) in [5, 5.41) is 0.479. The van der Waals surface area contributed by atoms with Crippen molar-refractivity contribution in [3.05, 3.63) is 53.3 Å². The number of fused-ring (bicyclic) bond motifs is 1. The second-order valence-corrected chi connectivity index (χ2v) is 7.76. The fourth-order valence-corrected chi connectivity index (χ4v) is 4.05. The highest BCUT2D eigenvalue weighted by atomic mass is 35.5. The molecular weight excluding hydrogens is 334 g/mol. The van der Waals surface area contributed by atoms with Crippen molar-refractivity contribution in [1.29, 1.82) is 0 Å². The van der Waals surface area contributed by atoms with Crippen LogP contribution in [0.1, 0.15) is 49.4 Å². The van der Waals surface area contributed by atoms with E-state index in [9.17, 15) is 0 Å². The van der Waals surface area contributed by atoms with Crippen LogP contribution in [0.4, 0.5) is 5.82 Å². The summed E-state index contributed by atoms with van der Waals surface area (Å²) in [5.41, 5.74) is 3.54. The van der Waals surface area contributed by atoms with Crippen molar-refractivity contribution in [2.45, 2.75) is 38.1 Å². The van der Waals surface area contributed by atoms with Crippen LogP contribution in [0.2, 0.25) is 5.15 Å². The molecule has 128 valence electrons. The van der Waals surface area contributed by atoms with E-state index >= 15 is 0 Å². The second kappa shape index (κ2) is 5.70. The molecule has 1 saturated heterocycles. The van der Waals surface area contributed by atoms with Crippen LogP contribution < -0.4 is 4.90 Å².